The van der Waals surface area contributed by atoms with Crippen molar-refractivity contribution in [3.05, 3.63) is 57.7 Å². The predicted octanol–water partition coefficient (Wildman–Crippen LogP) is 3.42. The molecule has 0 aromatic heterocycles. The Morgan fingerprint density at radius 1 is 1.37 bits per heavy atom. The Morgan fingerprint density at radius 2 is 1.95 bits per heavy atom. The summed E-state index contributed by atoms with van der Waals surface area (Å²) in [5.74, 6) is -0.983. The van der Waals surface area contributed by atoms with E-state index in [1.54, 1.807) is 12.1 Å². The van der Waals surface area contributed by atoms with Gasteiger partial charge in [0.25, 0.3) is 5.69 Å². The molecule has 1 N–H and O–H groups in total. The Bertz CT molecular complexity index is 529. The molecule has 1 rings (SSSR count). The van der Waals surface area contributed by atoms with E-state index in [2.05, 4.69) is 6.58 Å². The van der Waals surface area contributed by atoms with Gasteiger partial charge >= 0.3 is 5.97 Å². The average Bonchev–Trinajstić information content (AvgIpc) is 2.36. The first kappa shape index (κ1) is 14.6. The van der Waals surface area contributed by atoms with Crippen molar-refractivity contribution >= 4 is 17.7 Å². The number of nitrogens with zero attached hydrogens (tertiary/aromatic N) is 1. The maximum atomic E-state index is 10.6. The second kappa shape index (κ2) is 6.49. The molecule has 0 spiro atoms. The highest BCUT2D eigenvalue weighted by Gasteiger charge is 2.05. The minimum atomic E-state index is -0.983. The van der Waals surface area contributed by atoms with Gasteiger partial charge in [-0.05, 0) is 37.5 Å². The molecule has 0 saturated carbocycles. The standard InChI is InChI=1S/C14H15NO4/c1-10(3-4-11(2)14(16)17)9-12-5-7-13(8-6-12)15(18)19/h5-9H,2-4H2,1H3,(H,16,17). The van der Waals surface area contributed by atoms with Crippen LogP contribution in [0, 0.1) is 10.1 Å². The van der Waals surface area contributed by atoms with Crippen molar-refractivity contribution in [3.63, 3.8) is 0 Å². The molecular weight excluding hydrogens is 246 g/mol. The van der Waals surface area contributed by atoms with Crippen LogP contribution in [0.3, 0.4) is 0 Å². The summed E-state index contributed by atoms with van der Waals surface area (Å²) in [4.78, 5) is 20.6. The lowest BCUT2D eigenvalue weighted by molar-refractivity contribution is -0.384. The summed E-state index contributed by atoms with van der Waals surface area (Å²) in [7, 11) is 0. The number of nitro groups is 1. The number of benzene rings is 1. The zero-order chi connectivity index (χ0) is 14.4. The lowest BCUT2D eigenvalue weighted by atomic mass is 10.0. The van der Waals surface area contributed by atoms with Gasteiger partial charge in [-0.25, -0.2) is 4.79 Å². The van der Waals surface area contributed by atoms with Crippen molar-refractivity contribution in [1.82, 2.24) is 0 Å². The molecule has 0 aliphatic carbocycles. The van der Waals surface area contributed by atoms with Crippen molar-refractivity contribution in [3.8, 4) is 0 Å². The molecule has 0 fully saturated rings. The van der Waals surface area contributed by atoms with E-state index in [1.165, 1.54) is 12.1 Å². The third kappa shape index (κ3) is 4.75. The van der Waals surface area contributed by atoms with Gasteiger partial charge in [-0.3, -0.25) is 10.1 Å². The van der Waals surface area contributed by atoms with Crippen LogP contribution in [-0.2, 0) is 4.79 Å². The Labute approximate surface area is 111 Å². The molecule has 0 atom stereocenters. The first-order valence-electron chi connectivity index (χ1n) is 5.73. The fourth-order valence-electron chi connectivity index (χ4n) is 1.50. The van der Waals surface area contributed by atoms with E-state index in [-0.39, 0.29) is 11.3 Å². The molecule has 5 heteroatoms. The molecule has 0 aliphatic heterocycles. The summed E-state index contributed by atoms with van der Waals surface area (Å²) in [6, 6.07) is 6.20. The van der Waals surface area contributed by atoms with E-state index in [0.29, 0.717) is 12.8 Å². The maximum Gasteiger partial charge on any atom is 0.330 e. The van der Waals surface area contributed by atoms with Crippen molar-refractivity contribution in [2.75, 3.05) is 0 Å². The smallest absolute Gasteiger partial charge is 0.330 e. The number of aliphatic carboxylic acids is 1. The number of carboxylic acids is 1. The van der Waals surface area contributed by atoms with Crippen LogP contribution in [0.25, 0.3) is 6.08 Å². The number of carboxylic acid groups (broad SMARTS) is 1. The van der Waals surface area contributed by atoms with Gasteiger partial charge in [0, 0.05) is 17.7 Å². The Hall–Kier alpha value is -2.43. The largest absolute Gasteiger partial charge is 0.478 e. The third-order valence-corrected chi connectivity index (χ3v) is 2.64. The number of hydrogen-bond donors (Lipinski definition) is 1. The molecule has 0 amide bonds. The molecule has 0 aliphatic rings. The molecular formula is C14H15NO4. The number of hydrogen-bond acceptors (Lipinski definition) is 3. The van der Waals surface area contributed by atoms with Crippen LogP contribution in [-0.4, -0.2) is 16.0 Å². The normalized spacial score (nSPS) is 11.1. The van der Waals surface area contributed by atoms with Gasteiger partial charge in [0.15, 0.2) is 0 Å². The quantitative estimate of drug-likeness (QED) is 0.483. The van der Waals surface area contributed by atoms with Gasteiger partial charge in [-0.15, -0.1) is 0 Å². The Morgan fingerprint density at radius 3 is 2.42 bits per heavy atom. The van der Waals surface area contributed by atoms with Crippen LogP contribution < -0.4 is 0 Å². The molecule has 0 heterocycles. The van der Waals surface area contributed by atoms with E-state index in [9.17, 15) is 14.9 Å². The predicted molar refractivity (Wildman–Crippen MR) is 72.8 cm³/mol. The number of allylic oxidation sites excluding steroid dienone is 1. The monoisotopic (exact) mass is 261 g/mol. The lowest BCUT2D eigenvalue weighted by Gasteiger charge is -2.02. The van der Waals surface area contributed by atoms with Gasteiger partial charge in [-0.1, -0.05) is 18.2 Å². The van der Waals surface area contributed by atoms with Crippen LogP contribution in [0.4, 0.5) is 5.69 Å². The van der Waals surface area contributed by atoms with Gasteiger partial charge in [0.05, 0.1) is 4.92 Å². The minimum absolute atomic E-state index is 0.0501. The number of nitro benzene ring substituents is 1. The van der Waals surface area contributed by atoms with Crippen molar-refractivity contribution < 1.29 is 14.8 Å². The summed E-state index contributed by atoms with van der Waals surface area (Å²) in [5.41, 5.74) is 2.07. The first-order chi connectivity index (χ1) is 8.90. The summed E-state index contributed by atoms with van der Waals surface area (Å²) >= 11 is 0. The lowest BCUT2D eigenvalue weighted by Crippen LogP contribution is -1.98. The van der Waals surface area contributed by atoms with Crippen LogP contribution in [0.2, 0.25) is 0 Å². The fraction of sp³-hybridized carbons (Fsp3) is 0.214. The van der Waals surface area contributed by atoms with Crippen LogP contribution in [0.5, 0.6) is 0 Å². The van der Waals surface area contributed by atoms with E-state index in [1.807, 2.05) is 13.0 Å². The van der Waals surface area contributed by atoms with Crippen molar-refractivity contribution in [2.24, 2.45) is 0 Å². The molecule has 0 saturated heterocycles. The number of non-ortho nitro benzene ring substituents is 1. The zero-order valence-electron chi connectivity index (χ0n) is 10.6. The van der Waals surface area contributed by atoms with Gasteiger partial charge in [0.1, 0.15) is 0 Å². The van der Waals surface area contributed by atoms with E-state index in [4.69, 9.17) is 5.11 Å². The summed E-state index contributed by atoms with van der Waals surface area (Å²) in [5, 5.41) is 19.2. The van der Waals surface area contributed by atoms with Crippen molar-refractivity contribution in [1.29, 1.82) is 0 Å². The van der Waals surface area contributed by atoms with Gasteiger partial charge < -0.3 is 5.11 Å². The minimum Gasteiger partial charge on any atom is -0.478 e. The second-order valence-corrected chi connectivity index (χ2v) is 4.25. The molecule has 0 radical (unpaired) electrons. The maximum absolute atomic E-state index is 10.6. The highest BCUT2D eigenvalue weighted by Crippen LogP contribution is 2.17. The summed E-state index contributed by atoms with van der Waals surface area (Å²) in [6.07, 6.45) is 2.87. The fourth-order valence-corrected chi connectivity index (χ4v) is 1.50. The first-order valence-corrected chi connectivity index (χ1v) is 5.73. The van der Waals surface area contributed by atoms with Crippen LogP contribution >= 0.6 is 0 Å². The van der Waals surface area contributed by atoms with Gasteiger partial charge in [0.2, 0.25) is 0 Å². The van der Waals surface area contributed by atoms with E-state index in [0.717, 1.165) is 11.1 Å². The number of rotatable bonds is 6. The molecule has 5 nitrogen and oxygen atoms in total. The molecule has 0 unspecified atom stereocenters. The molecule has 19 heavy (non-hydrogen) atoms. The summed E-state index contributed by atoms with van der Waals surface area (Å²) < 4.78 is 0. The highest BCUT2D eigenvalue weighted by atomic mass is 16.6. The average molecular weight is 261 g/mol. The second-order valence-electron chi connectivity index (χ2n) is 4.25. The topological polar surface area (TPSA) is 80.4 Å². The molecule has 1 aromatic carbocycles. The third-order valence-electron chi connectivity index (χ3n) is 2.64. The highest BCUT2D eigenvalue weighted by molar-refractivity contribution is 5.85. The van der Waals surface area contributed by atoms with E-state index >= 15 is 0 Å². The Balaban J connectivity index is 2.66. The molecule has 100 valence electrons. The molecule has 0 bridgehead atoms. The SMILES string of the molecule is C=C(CCC(C)=Cc1ccc([N+](=O)[O-])cc1)C(=O)O. The van der Waals surface area contributed by atoms with Gasteiger partial charge in [-0.2, -0.15) is 0 Å². The number of carbonyl (C=O) groups is 1. The van der Waals surface area contributed by atoms with Crippen LogP contribution in [0.1, 0.15) is 25.3 Å². The van der Waals surface area contributed by atoms with Crippen molar-refractivity contribution in [2.45, 2.75) is 19.8 Å². The zero-order valence-corrected chi connectivity index (χ0v) is 10.6. The van der Waals surface area contributed by atoms with Crippen LogP contribution in [0.15, 0.2) is 42.0 Å². The summed E-state index contributed by atoms with van der Waals surface area (Å²) in [6.45, 7) is 5.35. The Kier molecular flexibility index (Phi) is 5.00. The molecule has 1 aromatic rings. The van der Waals surface area contributed by atoms with E-state index < -0.39 is 10.9 Å².